The lowest BCUT2D eigenvalue weighted by atomic mass is 10.1. The number of nitrogens with two attached hydrogens (primary N) is 1. The van der Waals surface area contributed by atoms with E-state index >= 15 is 0 Å². The van der Waals surface area contributed by atoms with Gasteiger partial charge in [0.1, 0.15) is 5.84 Å². The molecule has 0 aliphatic carbocycles. The van der Waals surface area contributed by atoms with Crippen molar-refractivity contribution in [2.75, 3.05) is 11.4 Å². The molecule has 0 atom stereocenters. The molecule has 0 radical (unpaired) electrons. The van der Waals surface area contributed by atoms with Crippen LogP contribution in [-0.4, -0.2) is 12.4 Å². The second kappa shape index (κ2) is 5.78. The Hall–Kier alpha value is -2.00. The maximum atomic E-state index is 7.52. The number of aryl methyl sites for hydroxylation is 1. The zero-order chi connectivity index (χ0) is 14.8. The third-order valence-electron chi connectivity index (χ3n) is 3.91. The predicted octanol–water partition coefficient (Wildman–Crippen LogP) is 4.10. The van der Waals surface area contributed by atoms with Gasteiger partial charge in [-0.15, -0.1) is 0 Å². The van der Waals surface area contributed by atoms with Crippen LogP contribution < -0.4 is 10.6 Å². The van der Waals surface area contributed by atoms with Gasteiger partial charge in [-0.05, 0) is 49.1 Å². The summed E-state index contributed by atoms with van der Waals surface area (Å²) in [7, 11) is 0. The molecule has 21 heavy (non-hydrogen) atoms. The summed E-state index contributed by atoms with van der Waals surface area (Å²) < 4.78 is 0. The Balaban J connectivity index is 2.04. The molecule has 0 fully saturated rings. The van der Waals surface area contributed by atoms with Crippen LogP contribution in [0.3, 0.4) is 0 Å². The number of hydrogen-bond acceptors (Lipinski definition) is 2. The highest BCUT2D eigenvalue weighted by Crippen LogP contribution is 2.34. The summed E-state index contributed by atoms with van der Waals surface area (Å²) in [6, 6.07) is 14.2. The van der Waals surface area contributed by atoms with Crippen LogP contribution in [0.25, 0.3) is 0 Å². The van der Waals surface area contributed by atoms with E-state index in [4.69, 9.17) is 22.7 Å². The molecule has 3 nitrogen and oxygen atoms in total. The van der Waals surface area contributed by atoms with E-state index in [-0.39, 0.29) is 5.84 Å². The van der Waals surface area contributed by atoms with E-state index in [9.17, 15) is 0 Å². The molecular formula is C17H18ClN3. The molecular weight excluding hydrogens is 282 g/mol. The molecule has 2 aromatic carbocycles. The first-order chi connectivity index (χ1) is 10.2. The molecule has 4 heteroatoms. The molecule has 1 aliphatic heterocycles. The first-order valence-electron chi connectivity index (χ1n) is 7.16. The van der Waals surface area contributed by atoms with Crippen molar-refractivity contribution in [2.24, 2.45) is 5.73 Å². The number of nitrogens with zero attached hydrogens (tertiary/aromatic N) is 1. The molecule has 3 N–H and O–H groups in total. The summed E-state index contributed by atoms with van der Waals surface area (Å²) >= 11 is 6.26. The molecule has 0 spiro atoms. The highest BCUT2D eigenvalue weighted by Gasteiger charge is 2.17. The van der Waals surface area contributed by atoms with Gasteiger partial charge in [-0.2, -0.15) is 0 Å². The molecule has 0 amide bonds. The van der Waals surface area contributed by atoms with Gasteiger partial charge < -0.3 is 10.6 Å². The van der Waals surface area contributed by atoms with Crippen molar-refractivity contribution < 1.29 is 0 Å². The van der Waals surface area contributed by atoms with Gasteiger partial charge in [0.25, 0.3) is 0 Å². The van der Waals surface area contributed by atoms with E-state index in [1.54, 1.807) is 0 Å². The van der Waals surface area contributed by atoms with Crippen molar-refractivity contribution in [3.8, 4) is 0 Å². The second-order valence-corrected chi connectivity index (χ2v) is 5.72. The van der Waals surface area contributed by atoms with E-state index in [0.29, 0.717) is 10.6 Å². The molecule has 2 aromatic rings. The third kappa shape index (κ3) is 2.74. The van der Waals surface area contributed by atoms with Gasteiger partial charge in [-0.1, -0.05) is 29.8 Å². The number of benzene rings is 2. The van der Waals surface area contributed by atoms with Gasteiger partial charge in [-0.25, -0.2) is 0 Å². The molecule has 108 valence electrons. The van der Waals surface area contributed by atoms with Crippen LogP contribution in [0, 0.1) is 5.41 Å². The Bertz CT molecular complexity index is 681. The van der Waals surface area contributed by atoms with E-state index in [2.05, 4.69) is 29.2 Å². The number of halogens is 1. The van der Waals surface area contributed by atoms with Crippen molar-refractivity contribution >= 4 is 28.8 Å². The fourth-order valence-corrected chi connectivity index (χ4v) is 3.13. The Labute approximate surface area is 129 Å². The monoisotopic (exact) mass is 299 g/mol. The molecule has 0 bridgehead atoms. The van der Waals surface area contributed by atoms with Crippen LogP contribution in [0.4, 0.5) is 11.4 Å². The average Bonchev–Trinajstić information content (AvgIpc) is 2.69. The maximum absolute atomic E-state index is 7.52. The molecule has 0 saturated heterocycles. The van der Waals surface area contributed by atoms with E-state index in [1.165, 1.54) is 17.7 Å². The van der Waals surface area contributed by atoms with Crippen LogP contribution in [0.5, 0.6) is 0 Å². The smallest absolute Gasteiger partial charge is 0.124 e. The van der Waals surface area contributed by atoms with E-state index < -0.39 is 0 Å². The van der Waals surface area contributed by atoms with Crippen molar-refractivity contribution in [1.29, 1.82) is 5.41 Å². The van der Waals surface area contributed by atoms with Gasteiger partial charge in [0, 0.05) is 23.5 Å². The van der Waals surface area contributed by atoms with E-state index in [1.807, 2.05) is 18.2 Å². The lowest BCUT2D eigenvalue weighted by Crippen LogP contribution is -2.18. The second-order valence-electron chi connectivity index (χ2n) is 5.32. The molecule has 0 aromatic heterocycles. The van der Waals surface area contributed by atoms with Crippen molar-refractivity contribution in [2.45, 2.75) is 19.3 Å². The number of rotatable bonds is 2. The highest BCUT2D eigenvalue weighted by atomic mass is 35.5. The van der Waals surface area contributed by atoms with Gasteiger partial charge in [0.2, 0.25) is 0 Å². The molecule has 1 aliphatic rings. The van der Waals surface area contributed by atoms with Crippen molar-refractivity contribution in [1.82, 2.24) is 0 Å². The van der Waals surface area contributed by atoms with Gasteiger partial charge >= 0.3 is 0 Å². The number of amidine groups is 1. The van der Waals surface area contributed by atoms with E-state index in [0.717, 1.165) is 25.1 Å². The lowest BCUT2D eigenvalue weighted by molar-refractivity contribution is 0.761. The minimum absolute atomic E-state index is 0.00261. The first kappa shape index (κ1) is 14.0. The number of hydrogen-bond donors (Lipinski definition) is 2. The summed E-state index contributed by atoms with van der Waals surface area (Å²) in [5.41, 5.74) is 9.80. The Kier molecular flexibility index (Phi) is 3.84. The predicted molar refractivity (Wildman–Crippen MR) is 88.9 cm³/mol. The summed E-state index contributed by atoms with van der Waals surface area (Å²) in [4.78, 5) is 2.30. The summed E-state index contributed by atoms with van der Waals surface area (Å²) in [6.45, 7) is 0.979. The molecule has 0 saturated carbocycles. The molecule has 1 heterocycles. The standard InChI is InChI=1S/C17H18ClN3/c18-15-11-13(8-9-14(15)17(19)20)21-10-4-3-6-12-5-1-2-7-16(12)21/h1-2,5,7-9,11H,3-4,6,10H2,(H3,19,20). The van der Waals surface area contributed by atoms with Gasteiger partial charge in [0.05, 0.1) is 5.02 Å². The fourth-order valence-electron chi connectivity index (χ4n) is 2.85. The third-order valence-corrected chi connectivity index (χ3v) is 4.23. The van der Waals surface area contributed by atoms with Crippen molar-refractivity contribution in [3.05, 3.63) is 58.6 Å². The average molecular weight is 300 g/mol. The van der Waals surface area contributed by atoms with Crippen LogP contribution >= 0.6 is 11.6 Å². The minimum atomic E-state index is 0.00261. The van der Waals surface area contributed by atoms with Crippen molar-refractivity contribution in [3.63, 3.8) is 0 Å². The van der Waals surface area contributed by atoms with Crippen LogP contribution in [0.15, 0.2) is 42.5 Å². The normalized spacial score (nSPS) is 14.4. The molecule has 0 unspecified atom stereocenters. The minimum Gasteiger partial charge on any atom is -0.384 e. The molecule has 3 rings (SSSR count). The number of nitrogens with one attached hydrogen (secondary N) is 1. The van der Waals surface area contributed by atoms with Gasteiger partial charge in [0.15, 0.2) is 0 Å². The maximum Gasteiger partial charge on any atom is 0.124 e. The number of nitrogen functional groups attached to an aromatic ring is 1. The fraction of sp³-hybridized carbons (Fsp3) is 0.235. The highest BCUT2D eigenvalue weighted by molar-refractivity contribution is 6.34. The van der Waals surface area contributed by atoms with Crippen LogP contribution in [-0.2, 0) is 6.42 Å². The SMILES string of the molecule is N=C(N)c1ccc(N2CCCCc3ccccc32)cc1Cl. The Morgan fingerprint density at radius 1 is 1.14 bits per heavy atom. The quantitative estimate of drug-likeness (QED) is 0.648. The van der Waals surface area contributed by atoms with Crippen LogP contribution in [0.2, 0.25) is 5.02 Å². The number of para-hydroxylation sites is 1. The Morgan fingerprint density at radius 2 is 1.95 bits per heavy atom. The topological polar surface area (TPSA) is 53.1 Å². The summed E-state index contributed by atoms with van der Waals surface area (Å²) in [5.74, 6) is 0.00261. The lowest BCUT2D eigenvalue weighted by Gasteiger charge is -2.25. The van der Waals surface area contributed by atoms with Crippen LogP contribution in [0.1, 0.15) is 24.0 Å². The zero-order valence-electron chi connectivity index (χ0n) is 11.8. The summed E-state index contributed by atoms with van der Waals surface area (Å²) in [5, 5.41) is 8.05. The first-order valence-corrected chi connectivity index (χ1v) is 7.54. The zero-order valence-corrected chi connectivity index (χ0v) is 12.5. The number of fused-ring (bicyclic) bond motifs is 1. The largest absolute Gasteiger partial charge is 0.384 e. The Morgan fingerprint density at radius 3 is 2.71 bits per heavy atom. The summed E-state index contributed by atoms with van der Waals surface area (Å²) in [6.07, 6.45) is 3.47. The number of anilines is 2. The van der Waals surface area contributed by atoms with Gasteiger partial charge in [-0.3, -0.25) is 5.41 Å².